The van der Waals surface area contributed by atoms with E-state index in [-0.39, 0.29) is 12.5 Å². The Bertz CT molecular complexity index is 943. The lowest BCUT2D eigenvalue weighted by Crippen LogP contribution is -2.28. The number of ether oxygens (including phenoxy) is 1. The number of esters is 1. The molecule has 0 radical (unpaired) electrons. The first-order chi connectivity index (χ1) is 13.6. The average molecular weight is 382 g/mol. The Kier molecular flexibility index (Phi) is 5.03. The third-order valence-electron chi connectivity index (χ3n) is 5.41. The van der Waals surface area contributed by atoms with Gasteiger partial charge in [-0.1, -0.05) is 0 Å². The summed E-state index contributed by atoms with van der Waals surface area (Å²) in [4.78, 5) is 30.6. The molecular weight excluding hydrogens is 359 g/mol. The summed E-state index contributed by atoms with van der Waals surface area (Å²) in [6.07, 6.45) is 6.48. The number of nitrogens with one attached hydrogen (secondary N) is 1. The van der Waals surface area contributed by atoms with Gasteiger partial charge < -0.3 is 14.6 Å². The van der Waals surface area contributed by atoms with E-state index in [1.54, 1.807) is 13.1 Å². The monoisotopic (exact) mass is 382 g/mol. The van der Waals surface area contributed by atoms with Gasteiger partial charge in [-0.2, -0.15) is 0 Å². The van der Waals surface area contributed by atoms with E-state index in [2.05, 4.69) is 4.98 Å². The molecule has 1 aliphatic carbocycles. The first-order valence-electron chi connectivity index (χ1n) is 9.77. The summed E-state index contributed by atoms with van der Waals surface area (Å²) in [7, 11) is 0. The number of H-pyrrole nitrogens is 1. The first-order valence-corrected chi connectivity index (χ1v) is 9.77. The molecule has 4 rings (SSSR count). The zero-order valence-electron chi connectivity index (χ0n) is 15.9. The number of amides is 1. The molecule has 2 aromatic rings. The number of aromatic amines is 1. The fourth-order valence-electron chi connectivity index (χ4n) is 4.06. The van der Waals surface area contributed by atoms with Crippen molar-refractivity contribution in [2.24, 2.45) is 0 Å². The lowest BCUT2D eigenvalue weighted by Gasteiger charge is -2.18. The zero-order chi connectivity index (χ0) is 19.7. The van der Waals surface area contributed by atoms with E-state index in [0.29, 0.717) is 24.1 Å². The number of halogens is 1. The van der Waals surface area contributed by atoms with Crippen LogP contribution < -0.4 is 0 Å². The Morgan fingerprint density at radius 2 is 1.86 bits per heavy atom. The third kappa shape index (κ3) is 3.35. The van der Waals surface area contributed by atoms with Gasteiger partial charge in [0.05, 0.1) is 17.9 Å². The predicted octanol–water partition coefficient (Wildman–Crippen LogP) is 3.64. The standard InChI is InChI=1S/C22H23FN2O3/c1-2-28-22(27)18-13-25(21(26)14-7-9-15(23)10-8-14)12-11-17-16-5-3-4-6-19(16)24-20(17)18/h7-10,13,24H,2-6,11-12H2,1H3. The molecule has 2 aliphatic rings. The lowest BCUT2D eigenvalue weighted by molar-refractivity contribution is -0.136. The maximum Gasteiger partial charge on any atom is 0.341 e. The van der Waals surface area contributed by atoms with Gasteiger partial charge in [0.1, 0.15) is 5.82 Å². The molecule has 0 fully saturated rings. The number of benzene rings is 1. The van der Waals surface area contributed by atoms with Gasteiger partial charge in [-0.15, -0.1) is 0 Å². The Balaban J connectivity index is 1.74. The van der Waals surface area contributed by atoms with Gasteiger partial charge in [-0.25, -0.2) is 9.18 Å². The smallest absolute Gasteiger partial charge is 0.341 e. The second kappa shape index (κ2) is 7.62. The van der Waals surface area contributed by atoms with E-state index in [1.807, 2.05) is 0 Å². The van der Waals surface area contributed by atoms with Crippen molar-refractivity contribution in [2.75, 3.05) is 13.2 Å². The first kappa shape index (κ1) is 18.5. The maximum atomic E-state index is 13.2. The zero-order valence-corrected chi connectivity index (χ0v) is 15.9. The predicted molar refractivity (Wildman–Crippen MR) is 103 cm³/mol. The third-order valence-corrected chi connectivity index (χ3v) is 5.41. The summed E-state index contributed by atoms with van der Waals surface area (Å²) >= 11 is 0. The minimum Gasteiger partial charge on any atom is -0.462 e. The Hall–Kier alpha value is -2.89. The van der Waals surface area contributed by atoms with Crippen molar-refractivity contribution in [3.05, 3.63) is 64.4 Å². The van der Waals surface area contributed by atoms with Gasteiger partial charge in [0.25, 0.3) is 5.91 Å². The molecule has 1 aromatic heterocycles. The number of hydrogen-bond acceptors (Lipinski definition) is 3. The maximum absolute atomic E-state index is 13.2. The molecule has 0 spiro atoms. The molecule has 0 unspecified atom stereocenters. The average Bonchev–Trinajstić information content (AvgIpc) is 2.96. The highest BCUT2D eigenvalue weighted by Crippen LogP contribution is 2.33. The molecule has 6 heteroatoms. The van der Waals surface area contributed by atoms with E-state index in [4.69, 9.17) is 4.74 Å². The number of hydrogen-bond donors (Lipinski definition) is 1. The van der Waals surface area contributed by atoms with E-state index in [9.17, 15) is 14.0 Å². The van der Waals surface area contributed by atoms with Gasteiger partial charge >= 0.3 is 5.97 Å². The highest BCUT2D eigenvalue weighted by Gasteiger charge is 2.30. The molecule has 1 aromatic carbocycles. The molecule has 0 atom stereocenters. The van der Waals surface area contributed by atoms with Crippen LogP contribution in [0, 0.1) is 5.82 Å². The highest BCUT2D eigenvalue weighted by molar-refractivity contribution is 6.17. The largest absolute Gasteiger partial charge is 0.462 e. The molecule has 28 heavy (non-hydrogen) atoms. The molecule has 1 amide bonds. The minimum atomic E-state index is -0.443. The van der Waals surface area contributed by atoms with Crippen LogP contribution in [0.4, 0.5) is 4.39 Å². The van der Waals surface area contributed by atoms with Gasteiger partial charge in [-0.05, 0) is 74.4 Å². The van der Waals surface area contributed by atoms with Gasteiger partial charge in [0.15, 0.2) is 0 Å². The van der Waals surface area contributed by atoms with E-state index >= 15 is 0 Å². The number of rotatable bonds is 3. The normalized spacial score (nSPS) is 15.9. The van der Waals surface area contributed by atoms with Gasteiger partial charge in [0.2, 0.25) is 0 Å². The second-order valence-corrected chi connectivity index (χ2v) is 7.16. The van der Waals surface area contributed by atoms with Gasteiger partial charge in [-0.3, -0.25) is 4.79 Å². The van der Waals surface area contributed by atoms with Crippen molar-refractivity contribution in [3.8, 4) is 0 Å². The van der Waals surface area contributed by atoms with E-state index < -0.39 is 11.8 Å². The number of carbonyl (C=O) groups is 2. The minimum absolute atomic E-state index is 0.262. The summed E-state index contributed by atoms with van der Waals surface area (Å²) in [5.41, 5.74) is 5.13. The van der Waals surface area contributed by atoms with Crippen LogP contribution >= 0.6 is 0 Å². The molecular formula is C22H23FN2O3. The summed E-state index contributed by atoms with van der Waals surface area (Å²) in [6, 6.07) is 5.45. The Labute approximate surface area is 163 Å². The Morgan fingerprint density at radius 1 is 1.11 bits per heavy atom. The number of aryl methyl sites for hydroxylation is 1. The van der Waals surface area contributed by atoms with Crippen LogP contribution in [-0.4, -0.2) is 34.9 Å². The molecule has 0 bridgehead atoms. The Morgan fingerprint density at radius 3 is 2.61 bits per heavy atom. The van der Waals surface area contributed by atoms with Crippen LogP contribution in [-0.2, 0) is 28.8 Å². The van der Waals surface area contributed by atoms with E-state index in [0.717, 1.165) is 36.9 Å². The molecule has 1 N–H and O–H groups in total. The van der Waals surface area contributed by atoms with Crippen molar-refractivity contribution in [1.29, 1.82) is 0 Å². The summed E-state index contributed by atoms with van der Waals surface area (Å²) < 4.78 is 18.5. The molecule has 0 saturated carbocycles. The van der Waals surface area contributed by atoms with Crippen molar-refractivity contribution in [1.82, 2.24) is 9.88 Å². The van der Waals surface area contributed by atoms with Crippen LogP contribution in [0.15, 0.2) is 30.5 Å². The lowest BCUT2D eigenvalue weighted by atomic mass is 9.92. The summed E-state index contributed by atoms with van der Waals surface area (Å²) in [5, 5.41) is 0. The van der Waals surface area contributed by atoms with Crippen LogP contribution in [0.2, 0.25) is 0 Å². The summed E-state index contributed by atoms with van der Waals surface area (Å²) in [5.74, 6) is -1.10. The SMILES string of the molecule is CCOC(=O)C1=CN(C(=O)c2ccc(F)cc2)CCc2c1[nH]c1c2CCCC1. The van der Waals surface area contributed by atoms with Crippen LogP contribution in [0.5, 0.6) is 0 Å². The molecule has 0 saturated heterocycles. The van der Waals surface area contributed by atoms with Crippen molar-refractivity contribution in [3.63, 3.8) is 0 Å². The van der Waals surface area contributed by atoms with Crippen molar-refractivity contribution < 1.29 is 18.7 Å². The molecule has 146 valence electrons. The fourth-order valence-corrected chi connectivity index (χ4v) is 4.06. The van der Waals surface area contributed by atoms with Crippen LogP contribution in [0.25, 0.3) is 5.57 Å². The van der Waals surface area contributed by atoms with Crippen LogP contribution in [0.3, 0.4) is 0 Å². The molecule has 2 heterocycles. The number of nitrogens with zero attached hydrogens (tertiary/aromatic N) is 1. The number of aromatic nitrogens is 1. The topological polar surface area (TPSA) is 62.4 Å². The van der Waals surface area contributed by atoms with Crippen molar-refractivity contribution >= 4 is 17.4 Å². The molecule has 1 aliphatic heterocycles. The number of carbonyl (C=O) groups excluding carboxylic acids is 2. The van der Waals surface area contributed by atoms with Gasteiger partial charge in [0, 0.05) is 24.0 Å². The quantitative estimate of drug-likeness (QED) is 0.825. The second-order valence-electron chi connectivity index (χ2n) is 7.16. The number of fused-ring (bicyclic) bond motifs is 3. The highest BCUT2D eigenvalue weighted by atomic mass is 19.1. The van der Waals surface area contributed by atoms with Crippen LogP contribution in [0.1, 0.15) is 52.6 Å². The fraction of sp³-hybridized carbons (Fsp3) is 0.364. The molecule has 5 nitrogen and oxygen atoms in total. The van der Waals surface area contributed by atoms with E-state index in [1.165, 1.54) is 40.4 Å². The summed E-state index contributed by atoms with van der Waals surface area (Å²) in [6.45, 7) is 2.48. The van der Waals surface area contributed by atoms with Crippen molar-refractivity contribution in [2.45, 2.75) is 39.0 Å².